The molecule has 1 fully saturated rings. The van der Waals surface area contributed by atoms with Gasteiger partial charge in [0.25, 0.3) is 15.9 Å². The smallest absolute Gasteiger partial charge is 0.387 e. The Kier molecular flexibility index (Phi) is 6.74. The van der Waals surface area contributed by atoms with Gasteiger partial charge in [0, 0.05) is 32.1 Å². The van der Waals surface area contributed by atoms with Crippen molar-refractivity contribution < 1.29 is 31.5 Å². The van der Waals surface area contributed by atoms with Crippen LogP contribution in [-0.4, -0.2) is 52.4 Å². The van der Waals surface area contributed by atoms with E-state index in [1.165, 1.54) is 30.2 Å². The zero-order valence-corrected chi connectivity index (χ0v) is 19.6. The number of hydrogen-bond acceptors (Lipinski definition) is 6. The van der Waals surface area contributed by atoms with Crippen molar-refractivity contribution in [3.8, 4) is 11.5 Å². The molecule has 2 heterocycles. The van der Waals surface area contributed by atoms with Crippen LogP contribution in [0.25, 0.3) is 0 Å². The van der Waals surface area contributed by atoms with Crippen molar-refractivity contribution in [1.82, 2.24) is 4.90 Å². The number of alkyl halides is 2. The van der Waals surface area contributed by atoms with Crippen molar-refractivity contribution in [3.05, 3.63) is 47.5 Å². The molecule has 2 aromatic carbocycles. The maximum absolute atomic E-state index is 13.1. The fourth-order valence-electron chi connectivity index (χ4n) is 4.18. The normalized spacial score (nSPS) is 16.7. The van der Waals surface area contributed by atoms with Gasteiger partial charge in [-0.3, -0.25) is 4.79 Å². The number of sulfonamides is 1. The Bertz CT molecular complexity index is 1230. The summed E-state index contributed by atoms with van der Waals surface area (Å²) in [6, 6.07) is 9.05. The van der Waals surface area contributed by atoms with Crippen LogP contribution in [0.1, 0.15) is 41.6 Å². The molecule has 0 saturated carbocycles. The minimum Gasteiger partial charge on any atom is -0.493 e. The fraction of sp³-hybridized carbons (Fsp3) is 0.391. The standard InChI is InChI=1S/C23H25F2N3O5S/c1-27(14-15-7-10-18(33-23(24)25)19(12-15)32-2)22(29)16-8-9-17-20(13-16)34(30,31)26-21-6-4-3-5-11-28(17)21/h7-10,12-13,23H,3-6,11,14H2,1-2H3. The lowest BCUT2D eigenvalue weighted by Crippen LogP contribution is -2.35. The van der Waals surface area contributed by atoms with Gasteiger partial charge in [-0.1, -0.05) is 12.5 Å². The maximum atomic E-state index is 13.1. The van der Waals surface area contributed by atoms with Crippen molar-refractivity contribution in [2.75, 3.05) is 25.6 Å². The van der Waals surface area contributed by atoms with Crippen molar-refractivity contribution in [3.63, 3.8) is 0 Å². The van der Waals surface area contributed by atoms with E-state index in [1.54, 1.807) is 25.2 Å². The van der Waals surface area contributed by atoms with Crippen LogP contribution in [0.5, 0.6) is 11.5 Å². The average Bonchev–Trinajstić information content (AvgIpc) is 3.03. The summed E-state index contributed by atoms with van der Waals surface area (Å²) in [5.74, 6) is 0.165. The van der Waals surface area contributed by atoms with Crippen molar-refractivity contribution in [1.29, 1.82) is 0 Å². The molecule has 0 unspecified atom stereocenters. The average molecular weight is 494 g/mol. The minimum absolute atomic E-state index is 0.0209. The number of carbonyl (C=O) groups excluding carboxylic acids is 1. The van der Waals surface area contributed by atoms with Gasteiger partial charge in [0.1, 0.15) is 10.7 Å². The van der Waals surface area contributed by atoms with Crippen molar-refractivity contribution >= 4 is 27.5 Å². The number of methoxy groups -OCH3 is 1. The summed E-state index contributed by atoms with van der Waals surface area (Å²) in [7, 11) is -1.01. The third-order valence-corrected chi connectivity index (χ3v) is 7.14. The third-order valence-electron chi connectivity index (χ3n) is 5.81. The lowest BCUT2D eigenvalue weighted by atomic mass is 10.1. The van der Waals surface area contributed by atoms with Crippen LogP contribution in [0, 0.1) is 0 Å². The monoisotopic (exact) mass is 493 g/mol. The molecule has 11 heteroatoms. The molecule has 0 aromatic heterocycles. The lowest BCUT2D eigenvalue weighted by Gasteiger charge is -2.30. The number of carbonyl (C=O) groups is 1. The van der Waals surface area contributed by atoms with Gasteiger partial charge in [0.2, 0.25) is 0 Å². The first-order valence-corrected chi connectivity index (χ1v) is 12.3. The van der Waals surface area contributed by atoms with Crippen LogP contribution in [0.15, 0.2) is 45.7 Å². The number of amidine groups is 1. The SMILES string of the molecule is COc1cc(CN(C)C(=O)c2ccc3c(c2)S(=O)(=O)N=C2CCCCCN23)ccc1OC(F)F. The molecule has 4 rings (SSSR count). The molecular weight excluding hydrogens is 468 g/mol. The Labute approximate surface area is 196 Å². The minimum atomic E-state index is -3.91. The van der Waals surface area contributed by atoms with Crippen molar-refractivity contribution in [2.24, 2.45) is 4.40 Å². The highest BCUT2D eigenvalue weighted by Gasteiger charge is 2.32. The van der Waals surface area contributed by atoms with Crippen LogP contribution in [-0.2, 0) is 16.6 Å². The van der Waals surface area contributed by atoms with Crippen molar-refractivity contribution in [2.45, 2.75) is 43.7 Å². The molecule has 1 amide bonds. The molecule has 34 heavy (non-hydrogen) atoms. The predicted octanol–water partition coefficient (Wildman–Crippen LogP) is 4.05. The fourth-order valence-corrected chi connectivity index (χ4v) is 5.47. The van der Waals surface area contributed by atoms with Gasteiger partial charge >= 0.3 is 6.61 Å². The first-order valence-electron chi connectivity index (χ1n) is 10.8. The summed E-state index contributed by atoms with van der Waals surface area (Å²) in [6.45, 7) is -2.16. The summed E-state index contributed by atoms with van der Waals surface area (Å²) in [6.07, 6.45) is 3.44. The molecular formula is C23H25F2N3O5S. The second-order valence-corrected chi connectivity index (χ2v) is 9.72. The quantitative estimate of drug-likeness (QED) is 0.603. The molecule has 2 aliphatic rings. The molecule has 1 saturated heterocycles. The summed E-state index contributed by atoms with van der Waals surface area (Å²) in [5.41, 5.74) is 1.38. The Balaban J connectivity index is 1.57. The number of fused-ring (bicyclic) bond motifs is 3. The summed E-state index contributed by atoms with van der Waals surface area (Å²) >= 11 is 0. The molecule has 8 nitrogen and oxygen atoms in total. The van der Waals surface area contributed by atoms with Gasteiger partial charge in [0.05, 0.1) is 12.8 Å². The van der Waals surface area contributed by atoms with Crippen LogP contribution >= 0.6 is 0 Å². The number of nitrogens with zero attached hydrogens (tertiary/aromatic N) is 3. The van der Waals surface area contributed by atoms with Gasteiger partial charge in [0.15, 0.2) is 11.5 Å². The molecule has 0 bridgehead atoms. The number of amides is 1. The molecule has 2 aliphatic heterocycles. The van der Waals surface area contributed by atoms with Crippen LogP contribution in [0.2, 0.25) is 0 Å². The van der Waals surface area contributed by atoms with Crippen LogP contribution < -0.4 is 14.4 Å². The number of ether oxygens (including phenoxy) is 2. The number of rotatable bonds is 6. The van der Waals surface area contributed by atoms with Gasteiger partial charge in [-0.15, -0.1) is 4.40 Å². The Morgan fingerprint density at radius 2 is 1.94 bits per heavy atom. The predicted molar refractivity (Wildman–Crippen MR) is 122 cm³/mol. The highest BCUT2D eigenvalue weighted by atomic mass is 32.2. The number of hydrogen-bond donors (Lipinski definition) is 0. The molecule has 0 radical (unpaired) electrons. The molecule has 0 aliphatic carbocycles. The summed E-state index contributed by atoms with van der Waals surface area (Å²) < 4.78 is 64.3. The Morgan fingerprint density at radius 1 is 1.15 bits per heavy atom. The topological polar surface area (TPSA) is 88.5 Å². The van der Waals surface area contributed by atoms with Gasteiger partial charge in [-0.05, 0) is 48.7 Å². The summed E-state index contributed by atoms with van der Waals surface area (Å²) in [5, 5.41) is 0. The van der Waals surface area contributed by atoms with E-state index in [-0.39, 0.29) is 28.5 Å². The van der Waals surface area contributed by atoms with Crippen LogP contribution in [0.3, 0.4) is 0 Å². The van der Waals surface area contributed by atoms with E-state index < -0.39 is 22.5 Å². The second kappa shape index (κ2) is 9.57. The highest BCUT2D eigenvalue weighted by Crippen LogP contribution is 2.35. The Hall–Kier alpha value is -3.21. The van der Waals surface area contributed by atoms with Gasteiger partial charge in [-0.25, -0.2) is 0 Å². The molecule has 0 atom stereocenters. The summed E-state index contributed by atoms with van der Waals surface area (Å²) in [4.78, 5) is 16.4. The van der Waals surface area contributed by atoms with E-state index in [2.05, 4.69) is 9.13 Å². The highest BCUT2D eigenvalue weighted by molar-refractivity contribution is 7.90. The largest absolute Gasteiger partial charge is 0.493 e. The number of anilines is 1. The number of halogens is 2. The third kappa shape index (κ3) is 4.84. The van der Waals surface area contributed by atoms with Gasteiger partial charge in [-0.2, -0.15) is 17.2 Å². The second-order valence-electron chi connectivity index (χ2n) is 8.15. The van der Waals surface area contributed by atoms with E-state index in [0.29, 0.717) is 30.1 Å². The zero-order chi connectivity index (χ0) is 24.5. The first kappa shape index (κ1) is 23.9. The molecule has 0 N–H and O–H groups in total. The zero-order valence-electron chi connectivity index (χ0n) is 18.8. The van der Waals surface area contributed by atoms with E-state index in [9.17, 15) is 22.0 Å². The van der Waals surface area contributed by atoms with Crippen LogP contribution in [0.4, 0.5) is 14.5 Å². The molecule has 2 aromatic rings. The number of benzene rings is 2. The molecule has 182 valence electrons. The Morgan fingerprint density at radius 3 is 2.68 bits per heavy atom. The van der Waals surface area contributed by atoms with E-state index in [0.717, 1.165) is 19.3 Å². The van der Waals surface area contributed by atoms with E-state index in [1.807, 2.05) is 4.90 Å². The van der Waals surface area contributed by atoms with E-state index >= 15 is 0 Å². The van der Waals surface area contributed by atoms with E-state index in [4.69, 9.17) is 4.74 Å². The lowest BCUT2D eigenvalue weighted by molar-refractivity contribution is -0.0512. The molecule has 0 spiro atoms. The van der Waals surface area contributed by atoms with Gasteiger partial charge < -0.3 is 19.3 Å². The maximum Gasteiger partial charge on any atom is 0.387 e. The first-order chi connectivity index (χ1) is 16.2.